The van der Waals surface area contributed by atoms with Gasteiger partial charge in [0.05, 0.1) is 19.9 Å². The van der Waals surface area contributed by atoms with E-state index >= 15 is 0 Å². The molecule has 0 aliphatic heterocycles. The fourth-order valence-corrected chi connectivity index (χ4v) is 3.22. The summed E-state index contributed by atoms with van der Waals surface area (Å²) in [6.07, 6.45) is 4.40. The lowest BCUT2D eigenvalue weighted by molar-refractivity contribution is 0.0936. The van der Waals surface area contributed by atoms with Crippen LogP contribution in [0.15, 0.2) is 42.5 Å². The van der Waals surface area contributed by atoms with Crippen molar-refractivity contribution in [3.8, 4) is 11.5 Å². The van der Waals surface area contributed by atoms with Gasteiger partial charge in [-0.3, -0.25) is 9.59 Å². The van der Waals surface area contributed by atoms with Crippen molar-refractivity contribution in [2.75, 3.05) is 19.5 Å². The Kier molecular flexibility index (Phi) is 5.96. The van der Waals surface area contributed by atoms with E-state index in [1.165, 1.54) is 7.11 Å². The quantitative estimate of drug-likeness (QED) is 0.816. The molecular formula is C21H24N2O4. The van der Waals surface area contributed by atoms with Gasteiger partial charge in [-0.2, -0.15) is 0 Å². The molecule has 0 heterocycles. The normalized spacial score (nSPS) is 13.9. The summed E-state index contributed by atoms with van der Waals surface area (Å²) in [6.45, 7) is 0. The molecule has 0 unspecified atom stereocenters. The second kappa shape index (κ2) is 8.58. The lowest BCUT2D eigenvalue weighted by Crippen LogP contribution is -2.32. The first-order chi connectivity index (χ1) is 13.1. The van der Waals surface area contributed by atoms with Gasteiger partial charge in [0.2, 0.25) is 0 Å². The van der Waals surface area contributed by atoms with Crippen LogP contribution in [0.2, 0.25) is 0 Å². The Balaban J connectivity index is 1.68. The van der Waals surface area contributed by atoms with E-state index in [9.17, 15) is 9.59 Å². The number of amides is 2. The van der Waals surface area contributed by atoms with Gasteiger partial charge < -0.3 is 20.1 Å². The van der Waals surface area contributed by atoms with Crippen LogP contribution < -0.4 is 20.1 Å². The number of carbonyl (C=O) groups is 2. The lowest BCUT2D eigenvalue weighted by Gasteiger charge is -2.13. The number of nitrogens with one attached hydrogen (secondary N) is 2. The van der Waals surface area contributed by atoms with Crippen molar-refractivity contribution in [2.45, 2.75) is 31.7 Å². The van der Waals surface area contributed by atoms with Gasteiger partial charge in [0, 0.05) is 23.2 Å². The number of ether oxygens (including phenoxy) is 2. The monoisotopic (exact) mass is 368 g/mol. The van der Waals surface area contributed by atoms with Gasteiger partial charge in [0.1, 0.15) is 11.5 Å². The zero-order chi connectivity index (χ0) is 19.2. The highest BCUT2D eigenvalue weighted by molar-refractivity contribution is 6.05. The summed E-state index contributed by atoms with van der Waals surface area (Å²) >= 11 is 0. The van der Waals surface area contributed by atoms with Gasteiger partial charge in [-0.15, -0.1) is 0 Å². The Labute approximate surface area is 158 Å². The van der Waals surface area contributed by atoms with Gasteiger partial charge in [-0.25, -0.2) is 0 Å². The minimum atomic E-state index is -0.288. The third-order valence-corrected chi connectivity index (χ3v) is 4.75. The predicted molar refractivity (Wildman–Crippen MR) is 104 cm³/mol. The molecule has 1 aliphatic carbocycles. The van der Waals surface area contributed by atoms with Crippen molar-refractivity contribution < 1.29 is 19.1 Å². The smallest absolute Gasteiger partial charge is 0.255 e. The molecule has 6 nitrogen and oxygen atoms in total. The van der Waals surface area contributed by atoms with E-state index in [2.05, 4.69) is 10.6 Å². The predicted octanol–water partition coefficient (Wildman–Crippen LogP) is 3.63. The molecule has 0 spiro atoms. The number of hydrogen-bond donors (Lipinski definition) is 2. The maximum Gasteiger partial charge on any atom is 0.255 e. The number of methoxy groups -OCH3 is 2. The molecule has 142 valence electrons. The Morgan fingerprint density at radius 3 is 2.11 bits per heavy atom. The van der Waals surface area contributed by atoms with Crippen LogP contribution >= 0.6 is 0 Å². The molecule has 1 fully saturated rings. The summed E-state index contributed by atoms with van der Waals surface area (Å²) in [5.41, 5.74) is 1.53. The molecule has 0 bridgehead atoms. The lowest BCUT2D eigenvalue weighted by atomic mass is 10.1. The summed E-state index contributed by atoms with van der Waals surface area (Å²) in [4.78, 5) is 24.8. The van der Waals surface area contributed by atoms with Gasteiger partial charge >= 0.3 is 0 Å². The standard InChI is InChI=1S/C21H24N2O4/c1-26-17-11-12-19(27-2)18(13-17)23-21(25)15-9-7-14(8-10-15)20(24)22-16-5-3-4-6-16/h7-13,16H,3-6H2,1-2H3,(H,22,24)(H,23,25). The van der Waals surface area contributed by atoms with E-state index < -0.39 is 0 Å². The van der Waals surface area contributed by atoms with Crippen LogP contribution in [0, 0.1) is 0 Å². The van der Waals surface area contributed by atoms with Crippen LogP contribution in [0.5, 0.6) is 11.5 Å². The first kappa shape index (κ1) is 18.8. The fourth-order valence-electron chi connectivity index (χ4n) is 3.22. The highest BCUT2D eigenvalue weighted by Crippen LogP contribution is 2.29. The summed E-state index contributed by atoms with van der Waals surface area (Å²) in [6, 6.07) is 12.1. The van der Waals surface area contributed by atoms with Crippen molar-refractivity contribution in [3.05, 3.63) is 53.6 Å². The van der Waals surface area contributed by atoms with Crippen LogP contribution in [0.4, 0.5) is 5.69 Å². The molecular weight excluding hydrogens is 344 g/mol. The first-order valence-corrected chi connectivity index (χ1v) is 9.05. The molecule has 0 saturated heterocycles. The maximum atomic E-state index is 12.5. The van der Waals surface area contributed by atoms with E-state index in [4.69, 9.17) is 9.47 Å². The van der Waals surface area contributed by atoms with Crippen LogP contribution in [-0.2, 0) is 0 Å². The summed E-state index contributed by atoms with van der Waals surface area (Å²) in [7, 11) is 3.10. The molecule has 2 N–H and O–H groups in total. The summed E-state index contributed by atoms with van der Waals surface area (Å²) in [5.74, 6) is 0.773. The molecule has 0 atom stereocenters. The Hall–Kier alpha value is -3.02. The molecule has 1 saturated carbocycles. The molecule has 0 aromatic heterocycles. The number of anilines is 1. The Bertz CT molecular complexity index is 811. The summed E-state index contributed by atoms with van der Waals surface area (Å²) < 4.78 is 10.5. The second-order valence-corrected chi connectivity index (χ2v) is 6.55. The SMILES string of the molecule is COc1ccc(OC)c(NC(=O)c2ccc(C(=O)NC3CCCC3)cc2)c1. The molecule has 2 aromatic rings. The third kappa shape index (κ3) is 4.58. The second-order valence-electron chi connectivity index (χ2n) is 6.55. The average molecular weight is 368 g/mol. The van der Waals surface area contributed by atoms with E-state index in [1.54, 1.807) is 49.6 Å². The van der Waals surface area contributed by atoms with Crippen LogP contribution in [-0.4, -0.2) is 32.1 Å². The molecule has 6 heteroatoms. The zero-order valence-electron chi connectivity index (χ0n) is 15.6. The number of hydrogen-bond acceptors (Lipinski definition) is 4. The third-order valence-electron chi connectivity index (χ3n) is 4.75. The van der Waals surface area contributed by atoms with Crippen molar-refractivity contribution in [1.29, 1.82) is 0 Å². The first-order valence-electron chi connectivity index (χ1n) is 9.05. The van der Waals surface area contributed by atoms with E-state index in [1.807, 2.05) is 0 Å². The van der Waals surface area contributed by atoms with Crippen molar-refractivity contribution in [1.82, 2.24) is 5.32 Å². The Morgan fingerprint density at radius 2 is 1.52 bits per heavy atom. The zero-order valence-corrected chi connectivity index (χ0v) is 15.6. The molecule has 0 radical (unpaired) electrons. The van der Waals surface area contributed by atoms with Gasteiger partial charge in [0.15, 0.2) is 0 Å². The number of benzene rings is 2. The Morgan fingerprint density at radius 1 is 0.889 bits per heavy atom. The minimum Gasteiger partial charge on any atom is -0.497 e. The number of rotatable bonds is 6. The molecule has 2 amide bonds. The van der Waals surface area contributed by atoms with Gasteiger partial charge in [0.25, 0.3) is 11.8 Å². The van der Waals surface area contributed by atoms with Crippen LogP contribution in [0.25, 0.3) is 0 Å². The van der Waals surface area contributed by atoms with Crippen LogP contribution in [0.3, 0.4) is 0 Å². The van der Waals surface area contributed by atoms with Gasteiger partial charge in [-0.05, 0) is 49.2 Å². The minimum absolute atomic E-state index is 0.0941. The summed E-state index contributed by atoms with van der Waals surface area (Å²) in [5, 5.41) is 5.86. The topological polar surface area (TPSA) is 76.7 Å². The van der Waals surface area contributed by atoms with E-state index in [0.29, 0.717) is 28.3 Å². The highest BCUT2D eigenvalue weighted by atomic mass is 16.5. The maximum absolute atomic E-state index is 12.5. The van der Waals surface area contributed by atoms with Crippen LogP contribution in [0.1, 0.15) is 46.4 Å². The molecule has 1 aliphatic rings. The average Bonchev–Trinajstić information content (AvgIpc) is 3.21. The highest BCUT2D eigenvalue weighted by Gasteiger charge is 2.18. The molecule has 27 heavy (non-hydrogen) atoms. The molecule has 2 aromatic carbocycles. The van der Waals surface area contributed by atoms with Crippen molar-refractivity contribution >= 4 is 17.5 Å². The van der Waals surface area contributed by atoms with Crippen molar-refractivity contribution in [3.63, 3.8) is 0 Å². The van der Waals surface area contributed by atoms with Crippen molar-refractivity contribution in [2.24, 2.45) is 0 Å². The van der Waals surface area contributed by atoms with Gasteiger partial charge in [-0.1, -0.05) is 12.8 Å². The number of carbonyl (C=O) groups excluding carboxylic acids is 2. The largest absolute Gasteiger partial charge is 0.497 e. The van der Waals surface area contributed by atoms with E-state index in [0.717, 1.165) is 25.7 Å². The molecule has 3 rings (SSSR count). The van der Waals surface area contributed by atoms with E-state index in [-0.39, 0.29) is 17.9 Å². The fraction of sp³-hybridized carbons (Fsp3) is 0.333.